The summed E-state index contributed by atoms with van der Waals surface area (Å²) in [4.78, 5) is 35.0. The summed E-state index contributed by atoms with van der Waals surface area (Å²) in [5.74, 6) is 0.418. The van der Waals surface area contributed by atoms with E-state index in [4.69, 9.17) is 23.8 Å². The average molecular weight is 519 g/mol. The quantitative estimate of drug-likeness (QED) is 0.382. The second-order valence-electron chi connectivity index (χ2n) is 8.97. The van der Waals surface area contributed by atoms with Gasteiger partial charge in [0.25, 0.3) is 5.91 Å². The normalized spacial score (nSPS) is 20.5. The van der Waals surface area contributed by atoms with Gasteiger partial charge in [-0.1, -0.05) is 25.1 Å². The molecule has 2 heterocycles. The second-order valence-corrected chi connectivity index (χ2v) is 8.97. The molecule has 0 N–H and O–H groups in total. The zero-order valence-corrected chi connectivity index (χ0v) is 21.7. The van der Waals surface area contributed by atoms with Crippen LogP contribution in [0.2, 0.25) is 0 Å². The number of hydrogen-bond acceptors (Lipinski definition) is 8. The van der Waals surface area contributed by atoms with Crippen LogP contribution in [0.4, 0.5) is 11.4 Å². The Kier molecular flexibility index (Phi) is 7.11. The number of hydroxylamine groups is 1. The highest BCUT2D eigenvalue weighted by atomic mass is 16.7. The molecule has 0 bridgehead atoms. The number of carbonyl (C=O) groups is 2. The Morgan fingerprint density at radius 1 is 0.816 bits per heavy atom. The smallest absolute Gasteiger partial charge is 0.266 e. The van der Waals surface area contributed by atoms with Crippen molar-refractivity contribution in [1.82, 2.24) is 0 Å². The third-order valence-electron chi connectivity index (χ3n) is 6.72. The van der Waals surface area contributed by atoms with E-state index in [-0.39, 0.29) is 5.91 Å². The Bertz CT molecular complexity index is 1290. The highest BCUT2D eigenvalue weighted by Crippen LogP contribution is 2.50. The molecule has 0 unspecified atom stereocenters. The summed E-state index contributed by atoms with van der Waals surface area (Å²) in [6, 6.07) is 19.3. The van der Waals surface area contributed by atoms with Crippen LogP contribution in [0.1, 0.15) is 24.9 Å². The van der Waals surface area contributed by atoms with Gasteiger partial charge in [-0.3, -0.25) is 14.4 Å². The van der Waals surface area contributed by atoms with E-state index < -0.39 is 24.0 Å². The van der Waals surface area contributed by atoms with E-state index in [9.17, 15) is 9.59 Å². The summed E-state index contributed by atoms with van der Waals surface area (Å²) in [5, 5.41) is 1.63. The number of carbonyl (C=O) groups excluding carboxylic acids is 2. The van der Waals surface area contributed by atoms with Gasteiger partial charge in [-0.15, -0.1) is 0 Å². The van der Waals surface area contributed by atoms with Crippen LogP contribution in [0.5, 0.6) is 23.0 Å². The fourth-order valence-corrected chi connectivity index (χ4v) is 4.99. The Hall–Kier alpha value is -4.24. The molecule has 2 amide bonds. The lowest BCUT2D eigenvalue weighted by Crippen LogP contribution is -2.37. The van der Waals surface area contributed by atoms with Crippen LogP contribution >= 0.6 is 0 Å². The Morgan fingerprint density at radius 3 is 2.05 bits per heavy atom. The molecule has 0 saturated carbocycles. The molecule has 2 fully saturated rings. The molecule has 5 rings (SSSR count). The monoisotopic (exact) mass is 518 g/mol. The van der Waals surface area contributed by atoms with Gasteiger partial charge in [0.2, 0.25) is 11.7 Å². The van der Waals surface area contributed by atoms with Crippen LogP contribution in [0.25, 0.3) is 0 Å². The summed E-state index contributed by atoms with van der Waals surface area (Å²) >= 11 is 0. The largest absolute Gasteiger partial charge is 0.494 e. The molecule has 2 aliphatic heterocycles. The van der Waals surface area contributed by atoms with Crippen molar-refractivity contribution in [2.75, 3.05) is 37.9 Å². The SMILES string of the molecule is CCCOc1ccc(N2C(=O)[C@H]3[C@@H](ON(c4ccccc4)[C@H]3c3cc(OC)c(OC)c(OC)c3)C2=O)cc1. The summed E-state index contributed by atoms with van der Waals surface area (Å²) < 4.78 is 22.3. The first-order valence-electron chi connectivity index (χ1n) is 12.4. The van der Waals surface area contributed by atoms with E-state index in [1.807, 2.05) is 37.3 Å². The standard InChI is InChI=1S/C29H30N2O7/c1-5-15-37-21-13-11-19(12-14-21)30-28(32)24-25(18-16-22(34-2)26(36-4)23(17-18)35-3)31(38-27(24)29(30)33)20-9-7-6-8-10-20/h6-14,16-17,24-25,27H,5,15H2,1-4H3/t24-,25+,27-/m1/s1. The molecule has 198 valence electrons. The summed E-state index contributed by atoms with van der Waals surface area (Å²) in [6.07, 6.45) is -0.117. The van der Waals surface area contributed by atoms with Gasteiger partial charge in [-0.05, 0) is 60.5 Å². The van der Waals surface area contributed by atoms with Crippen molar-refractivity contribution in [2.24, 2.45) is 5.92 Å². The van der Waals surface area contributed by atoms with Crippen molar-refractivity contribution in [3.8, 4) is 23.0 Å². The lowest BCUT2D eigenvalue weighted by Gasteiger charge is -2.29. The molecule has 2 aliphatic rings. The van der Waals surface area contributed by atoms with Crippen LogP contribution in [0.3, 0.4) is 0 Å². The fraction of sp³-hybridized carbons (Fsp3) is 0.310. The molecule has 0 aromatic heterocycles. The van der Waals surface area contributed by atoms with Crippen LogP contribution in [-0.4, -0.2) is 45.9 Å². The fourth-order valence-electron chi connectivity index (χ4n) is 4.99. The van der Waals surface area contributed by atoms with Gasteiger partial charge in [0, 0.05) is 0 Å². The molecule has 3 aromatic carbocycles. The summed E-state index contributed by atoms with van der Waals surface area (Å²) in [6.45, 7) is 2.61. The number of amides is 2. The van der Waals surface area contributed by atoms with Crippen LogP contribution in [-0.2, 0) is 14.4 Å². The predicted molar refractivity (Wildman–Crippen MR) is 141 cm³/mol. The molecule has 38 heavy (non-hydrogen) atoms. The Balaban J connectivity index is 1.56. The maximum Gasteiger partial charge on any atom is 0.266 e. The Labute approximate surface area is 221 Å². The van der Waals surface area contributed by atoms with Gasteiger partial charge < -0.3 is 18.9 Å². The minimum absolute atomic E-state index is 0.348. The van der Waals surface area contributed by atoms with Gasteiger partial charge >= 0.3 is 0 Å². The van der Waals surface area contributed by atoms with Crippen molar-refractivity contribution in [3.63, 3.8) is 0 Å². The van der Waals surface area contributed by atoms with Crippen LogP contribution in [0.15, 0.2) is 66.7 Å². The minimum Gasteiger partial charge on any atom is -0.494 e. The summed E-state index contributed by atoms with van der Waals surface area (Å²) in [5.41, 5.74) is 1.86. The molecule has 9 heteroatoms. The molecule has 3 aromatic rings. The third-order valence-corrected chi connectivity index (χ3v) is 6.72. The van der Waals surface area contributed by atoms with Crippen LogP contribution in [0, 0.1) is 5.92 Å². The maximum absolute atomic E-state index is 13.9. The maximum atomic E-state index is 13.9. The predicted octanol–water partition coefficient (Wildman–Crippen LogP) is 4.55. The number of anilines is 2. The lowest BCUT2D eigenvalue weighted by molar-refractivity contribution is -0.126. The molecule has 0 aliphatic carbocycles. The number of nitrogens with zero attached hydrogens (tertiary/aromatic N) is 2. The van der Waals surface area contributed by atoms with Crippen molar-refractivity contribution in [1.29, 1.82) is 0 Å². The highest BCUT2D eigenvalue weighted by Gasteiger charge is 2.60. The molecule has 2 saturated heterocycles. The number of hydrogen-bond donors (Lipinski definition) is 0. The zero-order chi connectivity index (χ0) is 26.8. The molecular weight excluding hydrogens is 488 g/mol. The van der Waals surface area contributed by atoms with Gasteiger partial charge in [0.05, 0.1) is 45.4 Å². The first-order valence-corrected chi connectivity index (χ1v) is 12.4. The van der Waals surface area contributed by atoms with Gasteiger partial charge in [0.15, 0.2) is 17.6 Å². The molecule has 3 atom stereocenters. The number of rotatable bonds is 9. The number of para-hydroxylation sites is 1. The summed E-state index contributed by atoms with van der Waals surface area (Å²) in [7, 11) is 4.59. The van der Waals surface area contributed by atoms with E-state index in [1.54, 1.807) is 41.5 Å². The lowest BCUT2D eigenvalue weighted by atomic mass is 9.90. The first kappa shape index (κ1) is 25.4. The molecule has 0 spiro atoms. The van der Waals surface area contributed by atoms with E-state index >= 15 is 0 Å². The first-order chi connectivity index (χ1) is 18.5. The van der Waals surface area contributed by atoms with Crippen molar-refractivity contribution < 1.29 is 33.4 Å². The van der Waals surface area contributed by atoms with Gasteiger partial charge in [-0.2, -0.15) is 0 Å². The highest BCUT2D eigenvalue weighted by molar-refractivity contribution is 6.24. The zero-order valence-electron chi connectivity index (χ0n) is 21.7. The third kappa shape index (κ3) is 4.28. The molecular formula is C29H30N2O7. The topological polar surface area (TPSA) is 86.8 Å². The number of imide groups is 1. The van der Waals surface area contributed by atoms with Crippen molar-refractivity contribution in [2.45, 2.75) is 25.5 Å². The van der Waals surface area contributed by atoms with E-state index in [2.05, 4.69) is 0 Å². The van der Waals surface area contributed by atoms with Crippen molar-refractivity contribution >= 4 is 23.2 Å². The number of fused-ring (bicyclic) bond motifs is 1. The number of benzene rings is 3. The van der Waals surface area contributed by atoms with E-state index in [1.165, 1.54) is 26.2 Å². The second kappa shape index (κ2) is 10.6. The van der Waals surface area contributed by atoms with E-state index in [0.717, 1.165) is 6.42 Å². The molecule has 9 nitrogen and oxygen atoms in total. The Morgan fingerprint density at radius 2 is 1.47 bits per heavy atom. The average Bonchev–Trinajstić information content (AvgIpc) is 3.47. The van der Waals surface area contributed by atoms with Gasteiger partial charge in [-0.25, -0.2) is 9.96 Å². The van der Waals surface area contributed by atoms with Crippen molar-refractivity contribution in [3.05, 3.63) is 72.3 Å². The number of methoxy groups -OCH3 is 3. The number of ether oxygens (including phenoxy) is 4. The van der Waals surface area contributed by atoms with E-state index in [0.29, 0.717) is 46.5 Å². The van der Waals surface area contributed by atoms with Crippen LogP contribution < -0.4 is 28.9 Å². The molecule has 0 radical (unpaired) electrons. The minimum atomic E-state index is -0.997. The van der Waals surface area contributed by atoms with Gasteiger partial charge in [0.1, 0.15) is 11.7 Å².